The van der Waals surface area contributed by atoms with E-state index >= 15 is 4.39 Å². The number of aromatic amines is 1. The number of H-pyrrole nitrogens is 1. The van der Waals surface area contributed by atoms with E-state index in [0.717, 1.165) is 22.2 Å². The monoisotopic (exact) mass is 498 g/mol. The molecule has 0 fully saturated rings. The molecule has 0 aliphatic rings. The van der Waals surface area contributed by atoms with Gasteiger partial charge in [0.15, 0.2) is 0 Å². The highest BCUT2D eigenvalue weighted by Gasteiger charge is 2.18. The molecule has 0 unspecified atom stereocenters. The SMILES string of the molecule is [C-]#[N+]c1ncc(-n2nc(C)c(-c3ccc(CNC(=O)c4ccc5[nH]ccc5c4)c(F)c3)c2C)cc1Cl. The fraction of sp³-hybridized carbons (Fsp3) is 0.111. The third-order valence-corrected chi connectivity index (χ3v) is 6.32. The van der Waals surface area contributed by atoms with Crippen molar-refractivity contribution in [3.63, 3.8) is 0 Å². The molecule has 3 aromatic heterocycles. The van der Waals surface area contributed by atoms with Gasteiger partial charge in [0.05, 0.1) is 10.7 Å². The van der Waals surface area contributed by atoms with E-state index in [-0.39, 0.29) is 23.3 Å². The minimum Gasteiger partial charge on any atom is -0.361 e. The molecule has 0 saturated heterocycles. The normalized spacial score (nSPS) is 11.0. The summed E-state index contributed by atoms with van der Waals surface area (Å²) in [6.45, 7) is 10.9. The molecule has 36 heavy (non-hydrogen) atoms. The number of halogens is 2. The molecule has 178 valence electrons. The van der Waals surface area contributed by atoms with Gasteiger partial charge in [0.25, 0.3) is 11.7 Å². The molecule has 0 spiro atoms. The van der Waals surface area contributed by atoms with Crippen LogP contribution < -0.4 is 5.32 Å². The largest absolute Gasteiger partial charge is 0.361 e. The van der Waals surface area contributed by atoms with E-state index in [1.54, 1.807) is 28.9 Å². The summed E-state index contributed by atoms with van der Waals surface area (Å²) in [6.07, 6.45) is 3.34. The fourth-order valence-electron chi connectivity index (χ4n) is 4.25. The lowest BCUT2D eigenvalue weighted by Crippen LogP contribution is -2.23. The van der Waals surface area contributed by atoms with Crippen LogP contribution in [0.5, 0.6) is 0 Å². The van der Waals surface area contributed by atoms with E-state index < -0.39 is 5.82 Å². The number of carbonyl (C=O) groups is 1. The molecule has 0 aliphatic heterocycles. The molecule has 0 radical (unpaired) electrons. The molecule has 0 atom stereocenters. The average molecular weight is 499 g/mol. The summed E-state index contributed by atoms with van der Waals surface area (Å²) < 4.78 is 16.7. The van der Waals surface area contributed by atoms with E-state index in [1.807, 2.05) is 38.2 Å². The first-order chi connectivity index (χ1) is 17.4. The molecule has 0 bridgehead atoms. The number of fused-ring (bicyclic) bond motifs is 1. The number of hydrogen-bond acceptors (Lipinski definition) is 3. The number of hydrogen-bond donors (Lipinski definition) is 2. The Morgan fingerprint density at radius 3 is 2.78 bits per heavy atom. The van der Waals surface area contributed by atoms with Crippen LogP contribution in [-0.2, 0) is 6.54 Å². The second-order valence-electron chi connectivity index (χ2n) is 8.34. The topological polar surface area (TPSA) is 80.0 Å². The van der Waals surface area contributed by atoms with Crippen molar-refractivity contribution in [3.05, 3.63) is 106 Å². The highest BCUT2D eigenvalue weighted by atomic mass is 35.5. The highest BCUT2D eigenvalue weighted by molar-refractivity contribution is 6.33. The zero-order valence-electron chi connectivity index (χ0n) is 19.4. The van der Waals surface area contributed by atoms with Gasteiger partial charge in [0, 0.05) is 46.0 Å². The number of pyridine rings is 1. The van der Waals surface area contributed by atoms with Crippen LogP contribution in [0.3, 0.4) is 0 Å². The van der Waals surface area contributed by atoms with Crippen LogP contribution in [0, 0.1) is 26.2 Å². The number of aromatic nitrogens is 4. The maximum Gasteiger partial charge on any atom is 0.288 e. The summed E-state index contributed by atoms with van der Waals surface area (Å²) in [5.41, 5.74) is 5.38. The van der Waals surface area contributed by atoms with Gasteiger partial charge < -0.3 is 15.1 Å². The van der Waals surface area contributed by atoms with Crippen LogP contribution in [0.25, 0.3) is 32.6 Å². The first-order valence-corrected chi connectivity index (χ1v) is 11.5. The van der Waals surface area contributed by atoms with Crippen LogP contribution in [0.15, 0.2) is 60.9 Å². The molecule has 5 aromatic rings. The van der Waals surface area contributed by atoms with E-state index in [1.165, 1.54) is 12.3 Å². The minimum atomic E-state index is -0.424. The van der Waals surface area contributed by atoms with Gasteiger partial charge in [-0.25, -0.2) is 9.07 Å². The summed E-state index contributed by atoms with van der Waals surface area (Å²) in [6, 6.07) is 13.8. The molecule has 3 heterocycles. The maximum atomic E-state index is 15.0. The molecular formula is C27H20ClFN6O. The first kappa shape index (κ1) is 23.3. The number of benzene rings is 2. The highest BCUT2D eigenvalue weighted by Crippen LogP contribution is 2.31. The van der Waals surface area contributed by atoms with Crippen LogP contribution in [0.2, 0.25) is 5.02 Å². The van der Waals surface area contributed by atoms with Crippen molar-refractivity contribution in [2.75, 3.05) is 0 Å². The van der Waals surface area contributed by atoms with Crippen molar-refractivity contribution >= 4 is 34.2 Å². The van der Waals surface area contributed by atoms with Crippen molar-refractivity contribution in [2.24, 2.45) is 0 Å². The number of nitrogens with one attached hydrogen (secondary N) is 2. The van der Waals surface area contributed by atoms with Crippen LogP contribution >= 0.6 is 11.6 Å². The van der Waals surface area contributed by atoms with Gasteiger partial charge in [-0.15, -0.1) is 4.98 Å². The smallest absolute Gasteiger partial charge is 0.288 e. The van der Waals surface area contributed by atoms with Gasteiger partial charge in [0.1, 0.15) is 17.7 Å². The number of nitrogens with zero attached hydrogens (tertiary/aromatic N) is 4. The Bertz CT molecular complexity index is 1680. The first-order valence-electron chi connectivity index (χ1n) is 11.1. The number of aryl methyl sites for hydroxylation is 1. The Balaban J connectivity index is 1.37. The van der Waals surface area contributed by atoms with Crippen molar-refractivity contribution in [2.45, 2.75) is 20.4 Å². The minimum absolute atomic E-state index is 0.0604. The lowest BCUT2D eigenvalue weighted by Gasteiger charge is -2.09. The Hall–Kier alpha value is -4.48. The lowest BCUT2D eigenvalue weighted by atomic mass is 10.0. The molecule has 2 aromatic carbocycles. The van der Waals surface area contributed by atoms with Crippen LogP contribution in [0.4, 0.5) is 10.2 Å². The predicted octanol–water partition coefficient (Wildman–Crippen LogP) is 6.31. The van der Waals surface area contributed by atoms with E-state index in [9.17, 15) is 4.79 Å². The quantitative estimate of drug-likeness (QED) is 0.279. The summed E-state index contributed by atoms with van der Waals surface area (Å²) >= 11 is 6.15. The van der Waals surface area contributed by atoms with E-state index in [4.69, 9.17) is 18.2 Å². The molecule has 5 rings (SSSR count). The van der Waals surface area contributed by atoms with Crippen LogP contribution in [0.1, 0.15) is 27.3 Å². The average Bonchev–Trinajstić information content (AvgIpc) is 3.46. The van der Waals surface area contributed by atoms with Gasteiger partial charge in [-0.05, 0) is 55.8 Å². The standard InChI is InChI=1S/C27H20ClFN6O/c1-15-25(16(2)35(34-15)21-12-22(28)26(30-3)32-14-21)18-4-5-20(23(29)11-18)13-33-27(36)19-6-7-24-17(10-19)8-9-31-24/h4-12,14,31H,13H2,1-2H3,(H,33,36). The van der Waals surface area contributed by atoms with Crippen molar-refractivity contribution in [1.29, 1.82) is 0 Å². The summed E-state index contributed by atoms with van der Waals surface area (Å²) in [4.78, 5) is 23.0. The van der Waals surface area contributed by atoms with Gasteiger partial charge in [-0.2, -0.15) is 5.10 Å². The molecule has 1 amide bonds. The zero-order valence-corrected chi connectivity index (χ0v) is 20.2. The predicted molar refractivity (Wildman–Crippen MR) is 137 cm³/mol. The molecule has 0 saturated carbocycles. The second-order valence-corrected chi connectivity index (χ2v) is 8.74. The summed E-state index contributed by atoms with van der Waals surface area (Å²) in [5.74, 6) is -0.574. The van der Waals surface area contributed by atoms with Crippen molar-refractivity contribution in [3.8, 4) is 16.8 Å². The molecule has 7 nitrogen and oxygen atoms in total. The maximum absolute atomic E-state index is 15.0. The van der Waals surface area contributed by atoms with Crippen molar-refractivity contribution < 1.29 is 9.18 Å². The van der Waals surface area contributed by atoms with E-state index in [0.29, 0.717) is 28.1 Å². The Labute approximate surface area is 211 Å². The Kier molecular flexibility index (Phi) is 6.00. The third kappa shape index (κ3) is 4.21. The lowest BCUT2D eigenvalue weighted by molar-refractivity contribution is 0.0950. The fourth-order valence-corrected chi connectivity index (χ4v) is 4.45. The third-order valence-electron chi connectivity index (χ3n) is 6.05. The second kappa shape index (κ2) is 9.29. The molecule has 2 N–H and O–H groups in total. The molecule has 0 aliphatic carbocycles. The van der Waals surface area contributed by atoms with Gasteiger partial charge in [0.2, 0.25) is 0 Å². The Morgan fingerprint density at radius 1 is 1.19 bits per heavy atom. The summed E-state index contributed by atoms with van der Waals surface area (Å²) in [5, 5.41) is 8.54. The number of rotatable bonds is 5. The molecule has 9 heteroatoms. The van der Waals surface area contributed by atoms with E-state index in [2.05, 4.69) is 25.2 Å². The van der Waals surface area contributed by atoms with Gasteiger partial charge in [-0.3, -0.25) is 4.79 Å². The molecular weight excluding hydrogens is 479 g/mol. The van der Waals surface area contributed by atoms with Crippen molar-refractivity contribution in [1.82, 2.24) is 25.1 Å². The number of carbonyl (C=O) groups excluding carboxylic acids is 1. The van der Waals surface area contributed by atoms with Gasteiger partial charge >= 0.3 is 0 Å². The summed E-state index contributed by atoms with van der Waals surface area (Å²) in [7, 11) is 0. The van der Waals surface area contributed by atoms with Gasteiger partial charge in [-0.1, -0.05) is 30.3 Å². The zero-order chi connectivity index (χ0) is 25.4. The Morgan fingerprint density at radius 2 is 2.03 bits per heavy atom. The van der Waals surface area contributed by atoms with Crippen LogP contribution in [-0.4, -0.2) is 25.7 Å². The number of amides is 1.